The number of aliphatic hydroxyl groups is 1. The number of nitrogens with zero attached hydrogens (tertiary/aromatic N) is 2. The summed E-state index contributed by atoms with van der Waals surface area (Å²) in [5.41, 5.74) is -0.138. The van der Waals surface area contributed by atoms with Gasteiger partial charge in [0.05, 0.1) is 6.61 Å². The lowest BCUT2D eigenvalue weighted by atomic mass is 10.3. The summed E-state index contributed by atoms with van der Waals surface area (Å²) in [6, 6.07) is 1.48. The van der Waals surface area contributed by atoms with Crippen LogP contribution in [0.15, 0.2) is 10.9 Å². The predicted molar refractivity (Wildman–Crippen MR) is 63.8 cm³/mol. The van der Waals surface area contributed by atoms with Gasteiger partial charge in [-0.1, -0.05) is 13.8 Å². The highest BCUT2D eigenvalue weighted by molar-refractivity contribution is 5.37. The van der Waals surface area contributed by atoms with Crippen molar-refractivity contribution in [3.8, 4) is 0 Å². The molecule has 1 aromatic rings. The van der Waals surface area contributed by atoms with Gasteiger partial charge in [-0.05, 0) is 6.42 Å². The van der Waals surface area contributed by atoms with E-state index in [0.717, 1.165) is 13.0 Å². The van der Waals surface area contributed by atoms with E-state index in [9.17, 15) is 4.79 Å². The quantitative estimate of drug-likeness (QED) is 0.741. The highest BCUT2D eigenvalue weighted by atomic mass is 16.3. The second kappa shape index (κ2) is 6.27. The zero-order valence-electron chi connectivity index (χ0n) is 9.86. The highest BCUT2D eigenvalue weighted by Gasteiger charge is 2.08. The molecule has 0 aromatic carbocycles. The molecule has 0 radical (unpaired) electrons. The summed E-state index contributed by atoms with van der Waals surface area (Å²) in [6.45, 7) is 5.36. The van der Waals surface area contributed by atoms with E-state index in [2.05, 4.69) is 16.9 Å². The van der Waals surface area contributed by atoms with Crippen molar-refractivity contribution >= 4 is 5.82 Å². The molecule has 2 N–H and O–H groups in total. The van der Waals surface area contributed by atoms with Crippen LogP contribution in [0.2, 0.25) is 0 Å². The molecule has 0 fully saturated rings. The van der Waals surface area contributed by atoms with Crippen LogP contribution in [0, 0.1) is 0 Å². The number of hydrogen-bond acceptors (Lipinski definition) is 4. The van der Waals surface area contributed by atoms with Gasteiger partial charge in [-0.3, -0.25) is 4.79 Å². The summed E-state index contributed by atoms with van der Waals surface area (Å²) in [5.74, 6) is 1.33. The molecule has 1 heterocycles. The van der Waals surface area contributed by atoms with Gasteiger partial charge in [0.25, 0.3) is 5.56 Å². The van der Waals surface area contributed by atoms with E-state index in [4.69, 9.17) is 5.11 Å². The highest BCUT2D eigenvalue weighted by Crippen LogP contribution is 2.08. The molecule has 0 saturated carbocycles. The first-order valence-electron chi connectivity index (χ1n) is 5.67. The van der Waals surface area contributed by atoms with Crippen molar-refractivity contribution in [2.45, 2.75) is 26.7 Å². The molecular formula is C11H19N3O2. The molecule has 0 aliphatic carbocycles. The van der Waals surface area contributed by atoms with E-state index in [1.54, 1.807) is 0 Å². The lowest BCUT2D eigenvalue weighted by Gasteiger charge is -2.22. The van der Waals surface area contributed by atoms with Crippen LogP contribution in [-0.4, -0.2) is 34.8 Å². The molecule has 5 heteroatoms. The predicted octanol–water partition coefficient (Wildman–Crippen LogP) is 0.541. The van der Waals surface area contributed by atoms with E-state index in [1.165, 1.54) is 6.07 Å². The van der Waals surface area contributed by atoms with Crippen LogP contribution in [0.5, 0.6) is 0 Å². The Hall–Kier alpha value is -1.36. The SMILES string of the molecule is CCCN(CCO)c1cc(=O)[nH]c(CC)n1. The van der Waals surface area contributed by atoms with Crippen molar-refractivity contribution in [1.82, 2.24) is 9.97 Å². The van der Waals surface area contributed by atoms with Crippen molar-refractivity contribution in [3.05, 3.63) is 22.2 Å². The number of aromatic amines is 1. The normalized spacial score (nSPS) is 10.4. The van der Waals surface area contributed by atoms with E-state index in [-0.39, 0.29) is 12.2 Å². The molecule has 1 aromatic heterocycles. The molecule has 0 aliphatic heterocycles. The average molecular weight is 225 g/mol. The molecule has 90 valence electrons. The van der Waals surface area contributed by atoms with Gasteiger partial charge >= 0.3 is 0 Å². The molecule has 16 heavy (non-hydrogen) atoms. The van der Waals surface area contributed by atoms with E-state index in [1.807, 2.05) is 11.8 Å². The van der Waals surface area contributed by atoms with Crippen LogP contribution in [0.1, 0.15) is 26.1 Å². The van der Waals surface area contributed by atoms with Crippen LogP contribution in [0.4, 0.5) is 5.82 Å². The zero-order valence-corrected chi connectivity index (χ0v) is 9.86. The Bertz CT molecular complexity index is 370. The number of aliphatic hydroxyl groups excluding tert-OH is 1. The molecule has 5 nitrogen and oxygen atoms in total. The van der Waals surface area contributed by atoms with E-state index >= 15 is 0 Å². The molecule has 1 rings (SSSR count). The number of nitrogens with one attached hydrogen (secondary N) is 1. The molecular weight excluding hydrogens is 206 g/mol. The topological polar surface area (TPSA) is 69.2 Å². The maximum absolute atomic E-state index is 11.4. The number of aryl methyl sites for hydroxylation is 1. The Morgan fingerprint density at radius 3 is 2.75 bits per heavy atom. The number of hydrogen-bond donors (Lipinski definition) is 2. The van der Waals surface area contributed by atoms with Crippen molar-refractivity contribution in [2.24, 2.45) is 0 Å². The minimum absolute atomic E-state index is 0.0654. The Balaban J connectivity index is 2.98. The Labute approximate surface area is 95.1 Å². The zero-order chi connectivity index (χ0) is 12.0. The molecule has 0 bridgehead atoms. The van der Waals surface area contributed by atoms with Crippen molar-refractivity contribution < 1.29 is 5.11 Å². The largest absolute Gasteiger partial charge is 0.395 e. The lowest BCUT2D eigenvalue weighted by molar-refractivity contribution is 0.301. The van der Waals surface area contributed by atoms with Gasteiger partial charge in [-0.25, -0.2) is 4.98 Å². The van der Waals surface area contributed by atoms with Gasteiger partial charge in [0.1, 0.15) is 11.6 Å². The monoisotopic (exact) mass is 225 g/mol. The first kappa shape index (κ1) is 12.7. The summed E-state index contributed by atoms with van der Waals surface area (Å²) < 4.78 is 0. The van der Waals surface area contributed by atoms with Crippen molar-refractivity contribution in [3.63, 3.8) is 0 Å². The van der Waals surface area contributed by atoms with Gasteiger partial charge in [-0.2, -0.15) is 0 Å². The first-order chi connectivity index (χ1) is 7.71. The third kappa shape index (κ3) is 3.34. The molecule has 0 saturated heterocycles. The molecule has 0 atom stereocenters. The third-order valence-electron chi connectivity index (χ3n) is 2.30. The van der Waals surface area contributed by atoms with Crippen LogP contribution in [-0.2, 0) is 6.42 Å². The summed E-state index contributed by atoms with van der Waals surface area (Å²) >= 11 is 0. The van der Waals surface area contributed by atoms with Crippen molar-refractivity contribution in [1.29, 1.82) is 0 Å². The summed E-state index contributed by atoms with van der Waals surface area (Å²) in [5, 5.41) is 8.97. The van der Waals surface area contributed by atoms with Crippen LogP contribution in [0.25, 0.3) is 0 Å². The summed E-state index contributed by atoms with van der Waals surface area (Å²) in [4.78, 5) is 20.4. The lowest BCUT2D eigenvalue weighted by Crippen LogP contribution is -2.30. The number of aromatic nitrogens is 2. The van der Waals surface area contributed by atoms with Gasteiger partial charge in [0.15, 0.2) is 0 Å². The number of rotatable bonds is 6. The van der Waals surface area contributed by atoms with Crippen LogP contribution < -0.4 is 10.5 Å². The maximum atomic E-state index is 11.4. The Morgan fingerprint density at radius 1 is 1.44 bits per heavy atom. The Morgan fingerprint density at radius 2 is 2.19 bits per heavy atom. The first-order valence-corrected chi connectivity index (χ1v) is 5.67. The molecule has 0 aliphatic rings. The number of anilines is 1. The summed E-state index contributed by atoms with van der Waals surface area (Å²) in [7, 11) is 0. The van der Waals surface area contributed by atoms with Gasteiger partial charge in [-0.15, -0.1) is 0 Å². The van der Waals surface area contributed by atoms with Crippen LogP contribution >= 0.6 is 0 Å². The smallest absolute Gasteiger partial charge is 0.252 e. The maximum Gasteiger partial charge on any atom is 0.252 e. The average Bonchev–Trinajstić information content (AvgIpc) is 2.28. The minimum Gasteiger partial charge on any atom is -0.395 e. The van der Waals surface area contributed by atoms with Gasteiger partial charge in [0.2, 0.25) is 0 Å². The van der Waals surface area contributed by atoms with Crippen molar-refractivity contribution in [2.75, 3.05) is 24.6 Å². The second-order valence-corrected chi connectivity index (χ2v) is 3.61. The van der Waals surface area contributed by atoms with Crippen LogP contribution in [0.3, 0.4) is 0 Å². The fraction of sp³-hybridized carbons (Fsp3) is 0.636. The van der Waals surface area contributed by atoms with Gasteiger partial charge in [0, 0.05) is 25.6 Å². The third-order valence-corrected chi connectivity index (χ3v) is 2.30. The fourth-order valence-electron chi connectivity index (χ4n) is 1.56. The fourth-order valence-corrected chi connectivity index (χ4v) is 1.56. The van der Waals surface area contributed by atoms with E-state index in [0.29, 0.717) is 24.6 Å². The standard InChI is InChI=1S/C11H19N3O2/c1-3-5-14(6-7-15)10-8-11(16)13-9(4-2)12-10/h8,15H,3-7H2,1-2H3,(H,12,13,16). The summed E-state index contributed by atoms with van der Waals surface area (Å²) in [6.07, 6.45) is 1.65. The molecule has 0 spiro atoms. The molecule has 0 amide bonds. The second-order valence-electron chi connectivity index (χ2n) is 3.61. The minimum atomic E-state index is -0.138. The number of H-pyrrole nitrogens is 1. The van der Waals surface area contributed by atoms with Gasteiger partial charge < -0.3 is 15.0 Å². The van der Waals surface area contributed by atoms with E-state index < -0.39 is 0 Å². The molecule has 0 unspecified atom stereocenters. The Kier molecular flexibility index (Phi) is 4.98.